The number of rotatable bonds is 7. The number of hydrogen-bond acceptors (Lipinski definition) is 5. The first kappa shape index (κ1) is 19.9. The third-order valence-corrected chi connectivity index (χ3v) is 5.06. The molecule has 0 saturated carbocycles. The summed E-state index contributed by atoms with van der Waals surface area (Å²) in [5, 5.41) is 10.3. The van der Waals surface area contributed by atoms with E-state index in [0.717, 1.165) is 44.2 Å². The molecule has 148 valence electrons. The molecule has 2 heterocycles. The summed E-state index contributed by atoms with van der Waals surface area (Å²) in [4.78, 5) is 4.68. The fourth-order valence-electron chi connectivity index (χ4n) is 3.35. The summed E-state index contributed by atoms with van der Waals surface area (Å²) < 4.78 is 11.2. The van der Waals surface area contributed by atoms with E-state index in [-0.39, 0.29) is 5.41 Å². The Morgan fingerprint density at radius 1 is 1.04 bits per heavy atom. The van der Waals surface area contributed by atoms with Crippen LogP contribution in [-0.2, 0) is 12.0 Å². The Morgan fingerprint density at radius 2 is 1.70 bits per heavy atom. The molecule has 0 radical (unpaired) electrons. The molecule has 1 aliphatic rings. The van der Waals surface area contributed by atoms with Crippen molar-refractivity contribution < 1.29 is 14.3 Å². The second kappa shape index (κ2) is 8.91. The molecule has 0 spiro atoms. The Bertz CT molecular complexity index is 669. The summed E-state index contributed by atoms with van der Waals surface area (Å²) in [6, 6.07) is 12.1. The van der Waals surface area contributed by atoms with E-state index >= 15 is 0 Å². The highest BCUT2D eigenvalue weighted by molar-refractivity contribution is 5.31. The van der Waals surface area contributed by atoms with Crippen LogP contribution in [0.15, 0.2) is 47.1 Å². The van der Waals surface area contributed by atoms with Gasteiger partial charge in [-0.2, -0.15) is 0 Å². The van der Waals surface area contributed by atoms with Crippen molar-refractivity contribution >= 4 is 0 Å². The van der Waals surface area contributed by atoms with Gasteiger partial charge in [0.2, 0.25) is 0 Å². The van der Waals surface area contributed by atoms with Crippen LogP contribution in [0.3, 0.4) is 0 Å². The van der Waals surface area contributed by atoms with Crippen LogP contribution < -0.4 is 4.74 Å². The highest BCUT2D eigenvalue weighted by Gasteiger charge is 2.20. The molecule has 0 amide bonds. The number of ether oxygens (including phenoxy) is 1. The lowest BCUT2D eigenvalue weighted by atomic mass is 9.87. The van der Waals surface area contributed by atoms with Crippen LogP contribution >= 0.6 is 0 Å². The Morgan fingerprint density at radius 3 is 2.30 bits per heavy atom. The zero-order valence-corrected chi connectivity index (χ0v) is 16.7. The van der Waals surface area contributed by atoms with Gasteiger partial charge in [0.15, 0.2) is 0 Å². The van der Waals surface area contributed by atoms with Gasteiger partial charge in [-0.05, 0) is 35.2 Å². The van der Waals surface area contributed by atoms with Crippen molar-refractivity contribution in [2.45, 2.75) is 38.8 Å². The fourth-order valence-corrected chi connectivity index (χ4v) is 3.35. The van der Waals surface area contributed by atoms with Gasteiger partial charge in [0.05, 0.1) is 12.8 Å². The Hall–Kier alpha value is -1.82. The molecular formula is C22H32N2O3. The lowest BCUT2D eigenvalue weighted by Gasteiger charge is -2.35. The van der Waals surface area contributed by atoms with E-state index in [1.807, 2.05) is 24.3 Å². The van der Waals surface area contributed by atoms with Crippen molar-refractivity contribution in [3.63, 3.8) is 0 Å². The van der Waals surface area contributed by atoms with Gasteiger partial charge in [-0.1, -0.05) is 32.9 Å². The third-order valence-electron chi connectivity index (χ3n) is 5.06. The van der Waals surface area contributed by atoms with Crippen molar-refractivity contribution in [2.75, 3.05) is 39.3 Å². The number of aliphatic hydroxyl groups excluding tert-OH is 1. The predicted octanol–water partition coefficient (Wildman–Crippen LogP) is 3.13. The summed E-state index contributed by atoms with van der Waals surface area (Å²) in [7, 11) is 0. The van der Waals surface area contributed by atoms with E-state index < -0.39 is 6.10 Å². The van der Waals surface area contributed by atoms with Gasteiger partial charge in [0.1, 0.15) is 24.2 Å². The normalized spacial score (nSPS) is 17.8. The first-order valence-corrected chi connectivity index (χ1v) is 9.78. The van der Waals surface area contributed by atoms with Crippen LogP contribution in [0.1, 0.15) is 32.1 Å². The van der Waals surface area contributed by atoms with Gasteiger partial charge in [0.25, 0.3) is 0 Å². The molecule has 3 rings (SSSR count). The molecule has 0 unspecified atom stereocenters. The molecule has 1 atom stereocenters. The number of aliphatic hydroxyl groups is 1. The smallest absolute Gasteiger partial charge is 0.119 e. The Labute approximate surface area is 162 Å². The lowest BCUT2D eigenvalue weighted by Crippen LogP contribution is -2.48. The number of furan rings is 1. The van der Waals surface area contributed by atoms with E-state index in [9.17, 15) is 5.11 Å². The molecule has 1 aromatic heterocycles. The highest BCUT2D eigenvalue weighted by atomic mass is 16.5. The third kappa shape index (κ3) is 6.09. The molecular weight excluding hydrogens is 340 g/mol. The SMILES string of the molecule is CC(C)(C)c1ccc(OC[C@@H](O)CN2CCN(Cc3ccco3)CC2)cc1. The van der Waals surface area contributed by atoms with Crippen LogP contribution in [0.5, 0.6) is 5.75 Å². The molecule has 2 aromatic rings. The number of hydrogen-bond donors (Lipinski definition) is 1. The van der Waals surface area contributed by atoms with E-state index in [2.05, 4.69) is 42.7 Å². The molecule has 1 aliphatic heterocycles. The maximum Gasteiger partial charge on any atom is 0.119 e. The Balaban J connectivity index is 1.36. The van der Waals surface area contributed by atoms with Crippen molar-refractivity contribution in [2.24, 2.45) is 0 Å². The average molecular weight is 373 g/mol. The zero-order chi connectivity index (χ0) is 19.3. The van der Waals surface area contributed by atoms with Crippen molar-refractivity contribution in [3.05, 3.63) is 54.0 Å². The standard InChI is InChI=1S/C22H32N2O3/c1-22(2,3)18-6-8-20(9-7-18)27-17-19(25)15-23-10-12-24(13-11-23)16-21-5-4-14-26-21/h4-9,14,19,25H,10-13,15-17H2,1-3H3/t19-/m0/s1. The van der Waals surface area contributed by atoms with Crippen LogP contribution in [0.4, 0.5) is 0 Å². The minimum absolute atomic E-state index is 0.136. The zero-order valence-electron chi connectivity index (χ0n) is 16.7. The van der Waals surface area contributed by atoms with E-state index in [1.54, 1.807) is 6.26 Å². The van der Waals surface area contributed by atoms with Gasteiger partial charge in [-0.3, -0.25) is 9.80 Å². The predicted molar refractivity (Wildman–Crippen MR) is 107 cm³/mol. The minimum Gasteiger partial charge on any atom is -0.491 e. The minimum atomic E-state index is -0.482. The van der Waals surface area contributed by atoms with Gasteiger partial charge in [0, 0.05) is 32.7 Å². The van der Waals surface area contributed by atoms with Crippen LogP contribution in [0.2, 0.25) is 0 Å². The molecule has 0 bridgehead atoms. The summed E-state index contributed by atoms with van der Waals surface area (Å²) >= 11 is 0. The maximum atomic E-state index is 10.3. The average Bonchev–Trinajstić information content (AvgIpc) is 3.14. The number of β-amino-alcohol motifs (C(OH)–C–C–N with tert-alkyl or cyclic N) is 1. The second-order valence-corrected chi connectivity index (χ2v) is 8.40. The molecule has 27 heavy (non-hydrogen) atoms. The van der Waals surface area contributed by atoms with Gasteiger partial charge in [-0.15, -0.1) is 0 Å². The molecule has 1 N–H and O–H groups in total. The largest absolute Gasteiger partial charge is 0.491 e. The quantitative estimate of drug-likeness (QED) is 0.809. The van der Waals surface area contributed by atoms with Crippen LogP contribution in [0.25, 0.3) is 0 Å². The number of benzene rings is 1. The van der Waals surface area contributed by atoms with Gasteiger partial charge < -0.3 is 14.3 Å². The van der Waals surface area contributed by atoms with Crippen LogP contribution in [0, 0.1) is 0 Å². The monoisotopic (exact) mass is 372 g/mol. The van der Waals surface area contributed by atoms with Crippen molar-refractivity contribution in [3.8, 4) is 5.75 Å². The van der Waals surface area contributed by atoms with Crippen LogP contribution in [-0.4, -0.2) is 60.3 Å². The first-order chi connectivity index (χ1) is 12.9. The van der Waals surface area contributed by atoms with E-state index in [1.165, 1.54) is 5.56 Å². The van der Waals surface area contributed by atoms with Crippen molar-refractivity contribution in [1.29, 1.82) is 0 Å². The summed E-state index contributed by atoms with van der Waals surface area (Å²) in [5.74, 6) is 1.82. The molecule has 1 fully saturated rings. The van der Waals surface area contributed by atoms with E-state index in [0.29, 0.717) is 13.2 Å². The summed E-state index contributed by atoms with van der Waals surface area (Å²) in [6.45, 7) is 12.3. The number of nitrogens with zero attached hydrogens (tertiary/aromatic N) is 2. The summed E-state index contributed by atoms with van der Waals surface area (Å²) in [6.07, 6.45) is 1.24. The molecule has 5 nitrogen and oxygen atoms in total. The van der Waals surface area contributed by atoms with Gasteiger partial charge >= 0.3 is 0 Å². The fraction of sp³-hybridized carbons (Fsp3) is 0.545. The molecule has 0 aliphatic carbocycles. The first-order valence-electron chi connectivity index (χ1n) is 9.78. The molecule has 5 heteroatoms. The van der Waals surface area contributed by atoms with E-state index in [4.69, 9.17) is 9.15 Å². The molecule has 1 saturated heterocycles. The Kier molecular flexibility index (Phi) is 6.58. The number of piperazine rings is 1. The van der Waals surface area contributed by atoms with Crippen molar-refractivity contribution in [1.82, 2.24) is 9.80 Å². The highest BCUT2D eigenvalue weighted by Crippen LogP contribution is 2.24. The second-order valence-electron chi connectivity index (χ2n) is 8.40. The molecule has 1 aromatic carbocycles. The van der Waals surface area contributed by atoms with Gasteiger partial charge in [-0.25, -0.2) is 0 Å². The summed E-state index contributed by atoms with van der Waals surface area (Å²) in [5.41, 5.74) is 1.42. The maximum absolute atomic E-state index is 10.3. The lowest BCUT2D eigenvalue weighted by molar-refractivity contribution is 0.0434. The topological polar surface area (TPSA) is 49.1 Å².